The highest BCUT2D eigenvalue weighted by atomic mass is 16.5. The van der Waals surface area contributed by atoms with Gasteiger partial charge in [-0.05, 0) is 13.0 Å². The van der Waals surface area contributed by atoms with Crippen molar-refractivity contribution in [1.29, 1.82) is 0 Å². The lowest BCUT2D eigenvalue weighted by Crippen LogP contribution is -2.30. The van der Waals surface area contributed by atoms with Crippen LogP contribution >= 0.6 is 0 Å². The summed E-state index contributed by atoms with van der Waals surface area (Å²) in [6.45, 7) is 2.36. The molecule has 13 heavy (non-hydrogen) atoms. The molecule has 1 heterocycles. The summed E-state index contributed by atoms with van der Waals surface area (Å²) in [4.78, 5) is 14.9. The van der Waals surface area contributed by atoms with Crippen LogP contribution in [0.1, 0.15) is 17.4 Å². The molecule has 0 saturated carbocycles. The molecule has 1 aromatic heterocycles. The highest BCUT2D eigenvalue weighted by Crippen LogP contribution is 2.06. The second-order valence-corrected chi connectivity index (χ2v) is 2.27. The van der Waals surface area contributed by atoms with Crippen molar-refractivity contribution in [3.63, 3.8) is 0 Å². The molecule has 0 atom stereocenters. The van der Waals surface area contributed by atoms with E-state index in [2.05, 4.69) is 4.98 Å². The minimum Gasteiger partial charge on any atom is -0.478 e. The van der Waals surface area contributed by atoms with E-state index in [1.165, 1.54) is 0 Å². The van der Waals surface area contributed by atoms with Gasteiger partial charge in [0.15, 0.2) is 0 Å². The molecule has 1 aromatic rings. The largest absolute Gasteiger partial charge is 0.478 e. The van der Waals surface area contributed by atoms with Crippen LogP contribution in [0.15, 0.2) is 18.2 Å². The minimum absolute atomic E-state index is 0.244. The van der Waals surface area contributed by atoms with Gasteiger partial charge in [0.25, 0.3) is 5.91 Å². The van der Waals surface area contributed by atoms with Gasteiger partial charge in [-0.1, -0.05) is 6.07 Å². The Morgan fingerprint density at radius 3 is 3.08 bits per heavy atom. The number of nitrogens with two attached hydrogens (primary N) is 1. The van der Waals surface area contributed by atoms with Gasteiger partial charge in [-0.3, -0.25) is 10.2 Å². The number of hydrogen-bond donors (Lipinski definition) is 2. The van der Waals surface area contributed by atoms with Crippen molar-refractivity contribution >= 4 is 5.91 Å². The summed E-state index contributed by atoms with van der Waals surface area (Å²) in [6, 6.07) is 4.92. The van der Waals surface area contributed by atoms with Crippen LogP contribution in [0.25, 0.3) is 0 Å². The maximum absolute atomic E-state index is 11.0. The Hall–Kier alpha value is -1.62. The van der Waals surface area contributed by atoms with E-state index < -0.39 is 5.91 Å². The van der Waals surface area contributed by atoms with Gasteiger partial charge in [-0.2, -0.15) is 0 Å². The Morgan fingerprint density at radius 1 is 1.69 bits per heavy atom. The third-order valence-electron chi connectivity index (χ3n) is 1.38. The average molecular weight is 181 g/mol. The van der Waals surface area contributed by atoms with Crippen molar-refractivity contribution < 1.29 is 9.53 Å². The average Bonchev–Trinajstić information content (AvgIpc) is 2.18. The number of nitrogens with one attached hydrogen (secondary N) is 1. The lowest BCUT2D eigenvalue weighted by molar-refractivity contribution is 0.0947. The van der Waals surface area contributed by atoms with Crippen LogP contribution in [0.3, 0.4) is 0 Å². The first-order valence-corrected chi connectivity index (χ1v) is 3.88. The standard InChI is InChI=1S/C8H11N3O2/c1-2-13-7-5-3-4-6(10-7)8(12)11-9/h3-5H,2,9H2,1H3,(H,11,12). The molecule has 0 spiro atoms. The third-order valence-corrected chi connectivity index (χ3v) is 1.38. The zero-order valence-electron chi connectivity index (χ0n) is 7.28. The Bertz CT molecular complexity index is 301. The summed E-state index contributed by atoms with van der Waals surface area (Å²) in [6.07, 6.45) is 0. The smallest absolute Gasteiger partial charge is 0.283 e. The number of hydrazine groups is 1. The maximum Gasteiger partial charge on any atom is 0.283 e. The van der Waals surface area contributed by atoms with E-state index >= 15 is 0 Å². The maximum atomic E-state index is 11.0. The first kappa shape index (κ1) is 9.47. The summed E-state index contributed by atoms with van der Waals surface area (Å²) in [5.74, 6) is 4.94. The second-order valence-electron chi connectivity index (χ2n) is 2.27. The van der Waals surface area contributed by atoms with E-state index in [0.717, 1.165) is 0 Å². The summed E-state index contributed by atoms with van der Waals surface area (Å²) in [5.41, 5.74) is 2.24. The molecule has 1 amide bonds. The van der Waals surface area contributed by atoms with E-state index in [0.29, 0.717) is 12.5 Å². The molecular weight excluding hydrogens is 170 g/mol. The van der Waals surface area contributed by atoms with Gasteiger partial charge in [-0.25, -0.2) is 10.8 Å². The first-order chi connectivity index (χ1) is 6.27. The number of carbonyl (C=O) groups excluding carboxylic acids is 1. The van der Waals surface area contributed by atoms with Gasteiger partial charge in [-0.15, -0.1) is 0 Å². The lowest BCUT2D eigenvalue weighted by atomic mass is 10.3. The molecule has 0 bridgehead atoms. The van der Waals surface area contributed by atoms with Crippen LogP contribution in [0, 0.1) is 0 Å². The van der Waals surface area contributed by atoms with Gasteiger partial charge >= 0.3 is 0 Å². The summed E-state index contributed by atoms with van der Waals surface area (Å²) in [5, 5.41) is 0. The summed E-state index contributed by atoms with van der Waals surface area (Å²) < 4.78 is 5.11. The molecule has 70 valence electrons. The third kappa shape index (κ3) is 2.41. The monoisotopic (exact) mass is 181 g/mol. The van der Waals surface area contributed by atoms with Gasteiger partial charge in [0.05, 0.1) is 6.61 Å². The number of nitrogens with zero attached hydrogens (tertiary/aromatic N) is 1. The number of carbonyl (C=O) groups is 1. The molecule has 1 rings (SSSR count). The van der Waals surface area contributed by atoms with Crippen molar-refractivity contribution in [3.05, 3.63) is 23.9 Å². The normalized spacial score (nSPS) is 9.38. The molecule has 0 fully saturated rings. The topological polar surface area (TPSA) is 77.2 Å². The Labute approximate surface area is 75.9 Å². The predicted molar refractivity (Wildman–Crippen MR) is 47.1 cm³/mol. The van der Waals surface area contributed by atoms with Crippen LogP contribution < -0.4 is 16.0 Å². The number of rotatable bonds is 3. The molecule has 0 aliphatic heterocycles. The van der Waals surface area contributed by atoms with E-state index in [9.17, 15) is 4.79 Å². The predicted octanol–water partition coefficient (Wildman–Crippen LogP) is 0.0838. The van der Waals surface area contributed by atoms with Gasteiger partial charge in [0.2, 0.25) is 5.88 Å². The van der Waals surface area contributed by atoms with Crippen molar-refractivity contribution in [1.82, 2.24) is 10.4 Å². The number of amides is 1. The van der Waals surface area contributed by atoms with Gasteiger partial charge in [0.1, 0.15) is 5.69 Å². The number of ether oxygens (including phenoxy) is 1. The van der Waals surface area contributed by atoms with Crippen LogP contribution in [0.4, 0.5) is 0 Å². The zero-order chi connectivity index (χ0) is 9.68. The fraction of sp³-hybridized carbons (Fsp3) is 0.250. The molecule has 0 aliphatic carbocycles. The van der Waals surface area contributed by atoms with E-state index in [-0.39, 0.29) is 5.69 Å². The molecule has 5 heteroatoms. The van der Waals surface area contributed by atoms with Crippen molar-refractivity contribution in [2.45, 2.75) is 6.92 Å². The molecule has 0 aliphatic rings. The fourth-order valence-corrected chi connectivity index (χ4v) is 0.843. The molecule has 3 N–H and O–H groups in total. The van der Waals surface area contributed by atoms with Crippen molar-refractivity contribution in [2.75, 3.05) is 6.61 Å². The van der Waals surface area contributed by atoms with Crippen LogP contribution in [-0.4, -0.2) is 17.5 Å². The number of nitrogen functional groups attached to an aromatic ring is 1. The Morgan fingerprint density at radius 2 is 2.46 bits per heavy atom. The SMILES string of the molecule is CCOc1cccc(C(=O)NN)n1. The van der Waals surface area contributed by atoms with Crippen LogP contribution in [0.5, 0.6) is 5.88 Å². The number of pyridine rings is 1. The van der Waals surface area contributed by atoms with Crippen LogP contribution in [0.2, 0.25) is 0 Å². The highest BCUT2D eigenvalue weighted by Gasteiger charge is 2.05. The van der Waals surface area contributed by atoms with Crippen molar-refractivity contribution in [2.24, 2.45) is 5.84 Å². The number of aromatic nitrogens is 1. The van der Waals surface area contributed by atoms with E-state index in [1.54, 1.807) is 18.2 Å². The van der Waals surface area contributed by atoms with Gasteiger partial charge in [0, 0.05) is 6.07 Å². The molecule has 0 unspecified atom stereocenters. The summed E-state index contributed by atoms with van der Waals surface area (Å²) in [7, 11) is 0. The Kier molecular flexibility index (Phi) is 3.22. The fourth-order valence-electron chi connectivity index (χ4n) is 0.843. The quantitative estimate of drug-likeness (QED) is 0.393. The molecule has 0 radical (unpaired) electrons. The zero-order valence-corrected chi connectivity index (χ0v) is 7.28. The highest BCUT2D eigenvalue weighted by molar-refractivity contribution is 5.91. The Balaban J connectivity index is 2.85. The first-order valence-electron chi connectivity index (χ1n) is 3.88. The molecule has 5 nitrogen and oxygen atoms in total. The van der Waals surface area contributed by atoms with Gasteiger partial charge < -0.3 is 4.74 Å². The minimum atomic E-state index is -0.429. The molecule has 0 aromatic carbocycles. The van der Waals surface area contributed by atoms with E-state index in [4.69, 9.17) is 10.6 Å². The second kappa shape index (κ2) is 4.42. The lowest BCUT2D eigenvalue weighted by Gasteiger charge is -2.03. The van der Waals surface area contributed by atoms with Crippen LogP contribution in [-0.2, 0) is 0 Å². The number of hydrogen-bond acceptors (Lipinski definition) is 4. The molecular formula is C8H11N3O2. The summed E-state index contributed by atoms with van der Waals surface area (Å²) >= 11 is 0. The van der Waals surface area contributed by atoms with E-state index in [1.807, 2.05) is 12.3 Å². The van der Waals surface area contributed by atoms with Crippen molar-refractivity contribution in [3.8, 4) is 5.88 Å². The molecule has 0 saturated heterocycles.